The summed E-state index contributed by atoms with van der Waals surface area (Å²) in [5.74, 6) is 7.15. The zero-order chi connectivity index (χ0) is 24.3. The van der Waals surface area contributed by atoms with Crippen molar-refractivity contribution in [1.29, 1.82) is 0 Å². The summed E-state index contributed by atoms with van der Waals surface area (Å²) >= 11 is 7.41. The SMILES string of the molecule is CNC(=O)[C@@]12C[C@@H]1[C@@H](n1cnc3c(NCC4CCC4)nc(C#Cc4ccc(Cl)s4)nc31)[C@H](O)[C@@H]2O. The fourth-order valence-electron chi connectivity index (χ4n) is 5.54. The van der Waals surface area contributed by atoms with Crippen LogP contribution in [-0.4, -0.2) is 61.4 Å². The number of nitrogens with one attached hydrogen (secondary N) is 2. The van der Waals surface area contributed by atoms with Crippen molar-refractivity contribution < 1.29 is 15.0 Å². The van der Waals surface area contributed by atoms with E-state index in [9.17, 15) is 15.0 Å². The molecule has 0 saturated heterocycles. The summed E-state index contributed by atoms with van der Waals surface area (Å²) in [6.07, 6.45) is 3.47. The first-order valence-corrected chi connectivity index (χ1v) is 13.0. The zero-order valence-corrected chi connectivity index (χ0v) is 20.6. The number of carbonyl (C=O) groups is 1. The number of hydrogen-bond donors (Lipinski definition) is 4. The summed E-state index contributed by atoms with van der Waals surface area (Å²) in [7, 11) is 1.55. The highest BCUT2D eigenvalue weighted by Gasteiger charge is 2.75. The van der Waals surface area contributed by atoms with Crippen LogP contribution in [0.2, 0.25) is 4.34 Å². The van der Waals surface area contributed by atoms with Crippen LogP contribution in [0.25, 0.3) is 11.2 Å². The molecule has 3 fully saturated rings. The Bertz CT molecular complexity index is 1370. The maximum absolute atomic E-state index is 12.6. The Balaban J connectivity index is 1.40. The van der Waals surface area contributed by atoms with Gasteiger partial charge >= 0.3 is 0 Å². The Morgan fingerprint density at radius 2 is 2.14 bits per heavy atom. The first kappa shape index (κ1) is 22.7. The van der Waals surface area contributed by atoms with Crippen molar-refractivity contribution in [2.24, 2.45) is 17.3 Å². The van der Waals surface area contributed by atoms with Gasteiger partial charge < -0.3 is 25.4 Å². The van der Waals surface area contributed by atoms with Crippen LogP contribution in [0.4, 0.5) is 5.82 Å². The zero-order valence-electron chi connectivity index (χ0n) is 19.0. The standard InChI is InChI=1S/C24H25ClN6O3S/c1-26-23(34)24-9-14(24)18(19(32)20(24)33)31-11-28-17-21(27-10-12-3-2-4-12)29-16(30-22(17)31)8-6-13-5-7-15(25)35-13/h5,7,11-12,14,18-20,32-33H,2-4,9-10H2,1H3,(H,26,34)(H,27,29,30)/t14-,18-,19+,20+,24+/m1/s1. The van der Waals surface area contributed by atoms with Crippen molar-refractivity contribution in [1.82, 2.24) is 24.8 Å². The van der Waals surface area contributed by atoms with Crippen molar-refractivity contribution >= 4 is 45.8 Å². The van der Waals surface area contributed by atoms with Gasteiger partial charge in [0.15, 0.2) is 17.0 Å². The molecule has 0 unspecified atom stereocenters. The maximum atomic E-state index is 12.6. The number of carbonyl (C=O) groups excluding carboxylic acids is 1. The van der Waals surface area contributed by atoms with Gasteiger partial charge in [-0.25, -0.2) is 15.0 Å². The van der Waals surface area contributed by atoms with Crippen molar-refractivity contribution in [2.45, 2.75) is 43.9 Å². The van der Waals surface area contributed by atoms with E-state index in [0.717, 1.165) is 11.4 Å². The number of fused-ring (bicyclic) bond motifs is 2. The van der Waals surface area contributed by atoms with E-state index in [2.05, 4.69) is 37.4 Å². The Morgan fingerprint density at radius 1 is 1.31 bits per heavy atom. The molecule has 182 valence electrons. The molecule has 3 aromatic rings. The van der Waals surface area contributed by atoms with E-state index in [1.807, 2.05) is 6.07 Å². The molecule has 0 aromatic carbocycles. The van der Waals surface area contributed by atoms with Gasteiger partial charge in [0.2, 0.25) is 11.7 Å². The third-order valence-electron chi connectivity index (χ3n) is 7.72. The minimum absolute atomic E-state index is 0.214. The second kappa shape index (κ2) is 8.45. The molecular formula is C24H25ClN6O3S. The smallest absolute Gasteiger partial charge is 0.229 e. The first-order chi connectivity index (χ1) is 16.9. The van der Waals surface area contributed by atoms with Gasteiger partial charge in [-0.3, -0.25) is 4.79 Å². The highest BCUT2D eigenvalue weighted by atomic mass is 35.5. The van der Waals surface area contributed by atoms with E-state index in [4.69, 9.17) is 11.6 Å². The summed E-state index contributed by atoms with van der Waals surface area (Å²) in [6.45, 7) is 0.791. The molecule has 5 atom stereocenters. The molecule has 3 aliphatic rings. The number of imidazole rings is 1. The number of aromatic nitrogens is 4. The second-order valence-electron chi connectivity index (χ2n) is 9.61. The number of nitrogens with zero attached hydrogens (tertiary/aromatic N) is 4. The quantitative estimate of drug-likeness (QED) is 0.386. The summed E-state index contributed by atoms with van der Waals surface area (Å²) < 4.78 is 2.43. The number of amides is 1. The van der Waals surface area contributed by atoms with Crippen molar-refractivity contribution in [3.05, 3.63) is 33.5 Å². The van der Waals surface area contributed by atoms with E-state index < -0.39 is 23.7 Å². The fraction of sp³-hybridized carbons (Fsp3) is 0.500. The van der Waals surface area contributed by atoms with Gasteiger partial charge in [0.05, 0.1) is 33.1 Å². The van der Waals surface area contributed by atoms with Crippen LogP contribution in [0, 0.1) is 29.1 Å². The number of rotatable bonds is 5. The van der Waals surface area contributed by atoms with Crippen molar-refractivity contribution in [3.63, 3.8) is 0 Å². The largest absolute Gasteiger partial charge is 0.389 e. The third-order valence-corrected chi connectivity index (χ3v) is 8.87. The molecule has 1 amide bonds. The molecule has 11 heteroatoms. The van der Waals surface area contributed by atoms with Crippen molar-refractivity contribution in [3.8, 4) is 11.8 Å². The highest BCUT2D eigenvalue weighted by molar-refractivity contribution is 7.16. The Hall–Kier alpha value is -2.71. The van der Waals surface area contributed by atoms with E-state index in [0.29, 0.717) is 39.5 Å². The van der Waals surface area contributed by atoms with Gasteiger partial charge in [-0.05, 0) is 49.2 Å². The molecule has 0 aliphatic heterocycles. The lowest BCUT2D eigenvalue weighted by Crippen LogP contribution is -2.41. The summed E-state index contributed by atoms with van der Waals surface area (Å²) in [5.41, 5.74) is 0.115. The Kier molecular flexibility index (Phi) is 5.49. The molecule has 35 heavy (non-hydrogen) atoms. The molecule has 6 rings (SSSR count). The average molecular weight is 513 g/mol. The number of aliphatic hydroxyl groups is 2. The third kappa shape index (κ3) is 3.61. The number of hydrogen-bond acceptors (Lipinski definition) is 8. The van der Waals surface area contributed by atoms with Crippen LogP contribution < -0.4 is 10.6 Å². The summed E-state index contributed by atoms with van der Waals surface area (Å²) in [6, 6.07) is 3.11. The normalized spacial score (nSPS) is 29.3. The number of thiophene rings is 1. The molecule has 0 spiro atoms. The highest BCUT2D eigenvalue weighted by Crippen LogP contribution is 2.67. The van der Waals surface area contributed by atoms with Crippen molar-refractivity contribution in [2.75, 3.05) is 18.9 Å². The average Bonchev–Trinajstić information content (AvgIpc) is 3.06. The predicted molar refractivity (Wildman–Crippen MR) is 132 cm³/mol. The van der Waals surface area contributed by atoms with E-state index >= 15 is 0 Å². The minimum atomic E-state index is -1.16. The molecule has 0 bridgehead atoms. The van der Waals surface area contributed by atoms with Crippen LogP contribution in [0.3, 0.4) is 0 Å². The van der Waals surface area contributed by atoms with E-state index in [1.165, 1.54) is 30.6 Å². The predicted octanol–water partition coefficient (Wildman–Crippen LogP) is 2.18. The van der Waals surface area contributed by atoms with Crippen LogP contribution in [0.15, 0.2) is 18.5 Å². The topological polar surface area (TPSA) is 125 Å². The van der Waals surface area contributed by atoms with E-state index in [-0.39, 0.29) is 11.8 Å². The van der Waals surface area contributed by atoms with Gasteiger partial charge in [-0.1, -0.05) is 18.0 Å². The summed E-state index contributed by atoms with van der Waals surface area (Å²) in [4.78, 5) is 27.2. The lowest BCUT2D eigenvalue weighted by Gasteiger charge is -2.25. The molecule has 3 aliphatic carbocycles. The number of aliphatic hydroxyl groups excluding tert-OH is 2. The number of anilines is 1. The molecule has 0 radical (unpaired) electrons. The van der Waals surface area contributed by atoms with Gasteiger partial charge in [0.1, 0.15) is 6.10 Å². The lowest BCUT2D eigenvalue weighted by atomic mass is 9.85. The molecule has 4 N–H and O–H groups in total. The molecular weight excluding hydrogens is 488 g/mol. The van der Waals surface area contributed by atoms with Gasteiger partial charge in [0.25, 0.3) is 0 Å². The maximum Gasteiger partial charge on any atom is 0.229 e. The number of halogens is 1. The van der Waals surface area contributed by atoms with Crippen LogP contribution in [-0.2, 0) is 4.79 Å². The molecule has 3 saturated carbocycles. The molecule has 3 heterocycles. The van der Waals surface area contributed by atoms with Gasteiger partial charge in [0, 0.05) is 19.5 Å². The molecule has 9 nitrogen and oxygen atoms in total. The lowest BCUT2D eigenvalue weighted by molar-refractivity contribution is -0.132. The monoisotopic (exact) mass is 512 g/mol. The Morgan fingerprint density at radius 3 is 2.83 bits per heavy atom. The minimum Gasteiger partial charge on any atom is -0.389 e. The first-order valence-electron chi connectivity index (χ1n) is 11.8. The summed E-state index contributed by atoms with van der Waals surface area (Å²) in [5, 5.41) is 27.8. The fourth-order valence-corrected chi connectivity index (χ4v) is 6.43. The van der Waals surface area contributed by atoms with Crippen LogP contribution >= 0.6 is 22.9 Å². The molecule has 3 aromatic heterocycles. The Labute approximate surface area is 210 Å². The van der Waals surface area contributed by atoms with Crippen LogP contribution in [0.5, 0.6) is 0 Å². The van der Waals surface area contributed by atoms with Crippen LogP contribution in [0.1, 0.15) is 42.4 Å². The van der Waals surface area contributed by atoms with Gasteiger partial charge in [-0.15, -0.1) is 11.3 Å². The second-order valence-corrected chi connectivity index (χ2v) is 11.3. The van der Waals surface area contributed by atoms with Gasteiger partial charge in [-0.2, -0.15) is 0 Å². The van der Waals surface area contributed by atoms with E-state index in [1.54, 1.807) is 24.0 Å².